The third-order valence-corrected chi connectivity index (χ3v) is 7.08. The molecule has 0 aliphatic carbocycles. The zero-order valence-electron chi connectivity index (χ0n) is 23.0. The van der Waals surface area contributed by atoms with Crippen molar-refractivity contribution in [3.8, 4) is 17.0 Å². The number of carbonyl (C=O) groups excluding carboxylic acids is 1. The number of halogens is 1. The molecule has 210 valence electrons. The Morgan fingerprint density at radius 2 is 1.90 bits per heavy atom. The molecular weight excluding hydrogens is 525 g/mol. The topological polar surface area (TPSA) is 110 Å². The number of anilines is 2. The number of rotatable bonds is 9. The molecule has 1 amide bonds. The Morgan fingerprint density at radius 3 is 2.63 bits per heavy atom. The quantitative estimate of drug-likeness (QED) is 0.241. The van der Waals surface area contributed by atoms with Crippen LogP contribution in [0.1, 0.15) is 46.9 Å². The summed E-state index contributed by atoms with van der Waals surface area (Å²) in [5, 5.41) is 14.7. The molecule has 1 aliphatic rings. The first-order valence-electron chi connectivity index (χ1n) is 13.4. The van der Waals surface area contributed by atoms with E-state index in [9.17, 15) is 9.18 Å². The fourth-order valence-electron chi connectivity index (χ4n) is 5.07. The van der Waals surface area contributed by atoms with Crippen LogP contribution in [0.25, 0.3) is 16.9 Å². The van der Waals surface area contributed by atoms with E-state index in [0.29, 0.717) is 54.9 Å². The smallest absolute Gasteiger partial charge is 0.276 e. The number of methoxy groups -OCH3 is 1. The lowest BCUT2D eigenvalue weighted by Crippen LogP contribution is -2.17. The Labute approximate surface area is 236 Å². The Hall–Kier alpha value is -4.77. The molecule has 1 aliphatic heterocycles. The van der Waals surface area contributed by atoms with Gasteiger partial charge in [-0.1, -0.05) is 19.9 Å². The van der Waals surface area contributed by atoms with Gasteiger partial charge in [-0.25, -0.2) is 13.9 Å². The predicted molar refractivity (Wildman–Crippen MR) is 153 cm³/mol. The van der Waals surface area contributed by atoms with Gasteiger partial charge in [0.2, 0.25) is 0 Å². The average molecular weight is 556 g/mol. The number of aromatic amines is 1. The van der Waals surface area contributed by atoms with Gasteiger partial charge >= 0.3 is 0 Å². The van der Waals surface area contributed by atoms with Gasteiger partial charge in [0.25, 0.3) is 5.91 Å². The number of amides is 1. The number of nitrogens with zero attached hydrogens (tertiary/aromatic N) is 5. The molecule has 0 unspecified atom stereocenters. The lowest BCUT2D eigenvalue weighted by atomic mass is 10.0. The molecule has 2 aromatic carbocycles. The highest BCUT2D eigenvalue weighted by molar-refractivity contribution is 6.05. The number of aromatic nitrogens is 5. The average Bonchev–Trinajstić information content (AvgIpc) is 3.72. The van der Waals surface area contributed by atoms with Crippen molar-refractivity contribution < 1.29 is 18.7 Å². The van der Waals surface area contributed by atoms with Gasteiger partial charge in [-0.05, 0) is 53.4 Å². The Morgan fingerprint density at radius 1 is 1.10 bits per heavy atom. The molecule has 0 saturated heterocycles. The maximum atomic E-state index is 13.9. The van der Waals surface area contributed by atoms with Crippen molar-refractivity contribution in [3.63, 3.8) is 0 Å². The van der Waals surface area contributed by atoms with E-state index in [2.05, 4.69) is 20.4 Å². The Kier molecular flexibility index (Phi) is 7.10. The molecule has 0 spiro atoms. The first-order chi connectivity index (χ1) is 19.9. The molecule has 0 atom stereocenters. The first-order valence-corrected chi connectivity index (χ1v) is 13.4. The number of ether oxygens (including phenoxy) is 2. The van der Waals surface area contributed by atoms with Gasteiger partial charge in [-0.15, -0.1) is 0 Å². The van der Waals surface area contributed by atoms with Crippen LogP contribution >= 0.6 is 0 Å². The summed E-state index contributed by atoms with van der Waals surface area (Å²) in [6.45, 7) is 6.10. The second-order valence-corrected chi connectivity index (χ2v) is 10.2. The van der Waals surface area contributed by atoms with Crippen molar-refractivity contribution in [1.82, 2.24) is 24.8 Å². The standard InChI is InChI=1S/C30H30FN7O3/c1-18(2)27-28(30(39)34-23-6-8-24(9-7-23)41-11-10-40-3)36-38-25(21-14-32-33-15-21)13-26(35-29(27)38)37-16-19-4-5-22(31)12-20(19)17-37/h4-9,12-15,18H,10-11,16-17H2,1-3H3,(H,32,33)(H,34,39). The van der Waals surface area contributed by atoms with E-state index < -0.39 is 0 Å². The zero-order chi connectivity index (χ0) is 28.5. The summed E-state index contributed by atoms with van der Waals surface area (Å²) in [5.74, 6) is 0.757. The van der Waals surface area contributed by atoms with Crippen LogP contribution in [0.15, 0.2) is 60.9 Å². The molecule has 4 heterocycles. The zero-order valence-corrected chi connectivity index (χ0v) is 23.0. The first kappa shape index (κ1) is 26.5. The second kappa shape index (κ2) is 11.0. The van der Waals surface area contributed by atoms with E-state index in [1.54, 1.807) is 54.4 Å². The van der Waals surface area contributed by atoms with Crippen molar-refractivity contribution in [1.29, 1.82) is 0 Å². The summed E-state index contributed by atoms with van der Waals surface area (Å²) in [7, 11) is 1.62. The highest BCUT2D eigenvalue weighted by atomic mass is 19.1. The maximum Gasteiger partial charge on any atom is 0.276 e. The highest BCUT2D eigenvalue weighted by Crippen LogP contribution is 2.34. The molecule has 41 heavy (non-hydrogen) atoms. The lowest BCUT2D eigenvalue weighted by Gasteiger charge is -2.18. The molecule has 6 rings (SSSR count). The number of hydrogen-bond acceptors (Lipinski definition) is 7. The summed E-state index contributed by atoms with van der Waals surface area (Å²) in [6, 6.07) is 14.0. The number of fused-ring (bicyclic) bond motifs is 2. The van der Waals surface area contributed by atoms with Crippen molar-refractivity contribution in [3.05, 3.63) is 89.1 Å². The van der Waals surface area contributed by atoms with Crippen LogP contribution in [0.2, 0.25) is 0 Å². The molecule has 0 radical (unpaired) electrons. The largest absolute Gasteiger partial charge is 0.491 e. The van der Waals surface area contributed by atoms with Crippen LogP contribution in [0.3, 0.4) is 0 Å². The monoisotopic (exact) mass is 555 g/mol. The van der Waals surface area contributed by atoms with E-state index in [0.717, 1.165) is 27.9 Å². The molecule has 0 bridgehead atoms. The number of hydrogen-bond donors (Lipinski definition) is 2. The molecular formula is C30H30FN7O3. The summed E-state index contributed by atoms with van der Waals surface area (Å²) in [4.78, 5) is 20.7. The number of benzene rings is 2. The van der Waals surface area contributed by atoms with Gasteiger partial charge < -0.3 is 19.7 Å². The van der Waals surface area contributed by atoms with Crippen molar-refractivity contribution in [2.45, 2.75) is 32.9 Å². The molecule has 2 N–H and O–H groups in total. The predicted octanol–water partition coefficient (Wildman–Crippen LogP) is 5.18. The van der Waals surface area contributed by atoms with Gasteiger partial charge in [0.05, 0.1) is 18.5 Å². The van der Waals surface area contributed by atoms with Gasteiger partial charge in [-0.3, -0.25) is 9.89 Å². The number of H-pyrrole nitrogens is 1. The lowest BCUT2D eigenvalue weighted by molar-refractivity contribution is 0.102. The van der Waals surface area contributed by atoms with Gasteiger partial charge in [-0.2, -0.15) is 10.2 Å². The van der Waals surface area contributed by atoms with E-state index in [1.165, 1.54) is 6.07 Å². The SMILES string of the molecule is COCCOc1ccc(NC(=O)c2nn3c(-c4cn[nH]c4)cc(N4Cc5ccc(F)cc5C4)nc3c2C(C)C)cc1. The van der Waals surface area contributed by atoms with Gasteiger partial charge in [0.1, 0.15) is 24.0 Å². The second-order valence-electron chi connectivity index (χ2n) is 10.2. The van der Waals surface area contributed by atoms with Crippen LogP contribution in [-0.2, 0) is 17.8 Å². The third-order valence-electron chi connectivity index (χ3n) is 7.08. The molecule has 5 aromatic rings. The van der Waals surface area contributed by atoms with Crippen molar-refractivity contribution in [2.24, 2.45) is 0 Å². The van der Waals surface area contributed by atoms with E-state index in [1.807, 2.05) is 26.0 Å². The summed E-state index contributed by atoms with van der Waals surface area (Å²) < 4.78 is 26.2. The van der Waals surface area contributed by atoms with Gasteiger partial charge in [0, 0.05) is 49.3 Å². The van der Waals surface area contributed by atoms with Crippen molar-refractivity contribution >= 4 is 23.1 Å². The van der Waals surface area contributed by atoms with Gasteiger partial charge in [0.15, 0.2) is 11.3 Å². The van der Waals surface area contributed by atoms with E-state index >= 15 is 0 Å². The van der Waals surface area contributed by atoms with Crippen LogP contribution in [0.5, 0.6) is 5.75 Å². The van der Waals surface area contributed by atoms with Crippen molar-refractivity contribution in [2.75, 3.05) is 30.5 Å². The summed E-state index contributed by atoms with van der Waals surface area (Å²) >= 11 is 0. The maximum absolute atomic E-state index is 13.9. The van der Waals surface area contributed by atoms with E-state index in [4.69, 9.17) is 19.6 Å². The molecule has 0 fully saturated rings. The minimum Gasteiger partial charge on any atom is -0.491 e. The van der Waals surface area contributed by atoms with Crippen LogP contribution < -0.4 is 15.0 Å². The summed E-state index contributed by atoms with van der Waals surface area (Å²) in [6.07, 6.45) is 3.48. The molecule has 11 heteroatoms. The number of carbonyl (C=O) groups is 1. The number of nitrogens with one attached hydrogen (secondary N) is 2. The minimum atomic E-state index is -0.337. The molecule has 0 saturated carbocycles. The Balaban J connectivity index is 1.37. The highest BCUT2D eigenvalue weighted by Gasteiger charge is 2.28. The molecule has 3 aromatic heterocycles. The minimum absolute atomic E-state index is 0.0466. The fraction of sp³-hybridized carbons (Fsp3) is 0.267. The third kappa shape index (κ3) is 5.23. The van der Waals surface area contributed by atoms with Crippen LogP contribution in [-0.4, -0.2) is 51.0 Å². The van der Waals surface area contributed by atoms with E-state index in [-0.39, 0.29) is 17.6 Å². The fourth-order valence-corrected chi connectivity index (χ4v) is 5.07. The van der Waals surface area contributed by atoms with Crippen LogP contribution in [0.4, 0.5) is 15.9 Å². The summed E-state index contributed by atoms with van der Waals surface area (Å²) in [5.41, 5.74) is 5.76. The van der Waals surface area contributed by atoms with Crippen LogP contribution in [0, 0.1) is 5.82 Å². The Bertz CT molecular complexity index is 1700. The normalized spacial score (nSPS) is 12.8. The molecule has 10 nitrogen and oxygen atoms in total.